The minimum atomic E-state index is -0.578. The van der Waals surface area contributed by atoms with Crippen molar-refractivity contribution in [3.8, 4) is 0 Å². The largest absolute Gasteiger partial charge is 0.381 e. The van der Waals surface area contributed by atoms with Crippen molar-refractivity contribution in [3.63, 3.8) is 0 Å². The molecule has 1 aromatic carbocycles. The van der Waals surface area contributed by atoms with Gasteiger partial charge in [0.05, 0.1) is 24.3 Å². The lowest BCUT2D eigenvalue weighted by molar-refractivity contribution is -0.141. The van der Waals surface area contributed by atoms with Gasteiger partial charge in [-0.1, -0.05) is 23.7 Å². The zero-order valence-corrected chi connectivity index (χ0v) is 18.7. The van der Waals surface area contributed by atoms with Crippen LogP contribution in [0.4, 0.5) is 0 Å². The predicted molar refractivity (Wildman–Crippen MR) is 121 cm³/mol. The number of halogens is 1. The second-order valence-electron chi connectivity index (χ2n) is 8.65. The molecule has 2 aromatic heterocycles. The highest BCUT2D eigenvalue weighted by Crippen LogP contribution is 2.38. The third-order valence-corrected chi connectivity index (χ3v) is 6.84. The molecule has 1 unspecified atom stereocenters. The third-order valence-electron chi connectivity index (χ3n) is 6.59. The number of hydrogen-bond acceptors (Lipinski definition) is 5. The van der Waals surface area contributed by atoms with Gasteiger partial charge in [-0.25, -0.2) is 9.50 Å². The maximum Gasteiger partial charge on any atom is 0.233 e. The van der Waals surface area contributed by atoms with E-state index in [4.69, 9.17) is 21.1 Å². The summed E-state index contributed by atoms with van der Waals surface area (Å²) in [5.74, 6) is 0.341. The molecule has 0 aliphatic carbocycles. The normalized spacial score (nSPS) is 21.4. The van der Waals surface area contributed by atoms with Gasteiger partial charge in [0.1, 0.15) is 0 Å². The van der Waals surface area contributed by atoms with E-state index in [9.17, 15) is 4.79 Å². The van der Waals surface area contributed by atoms with Gasteiger partial charge in [0, 0.05) is 49.6 Å². The van der Waals surface area contributed by atoms with Crippen molar-refractivity contribution >= 4 is 23.2 Å². The summed E-state index contributed by atoms with van der Waals surface area (Å²) in [5, 5.41) is 5.33. The molecule has 7 nitrogen and oxygen atoms in total. The van der Waals surface area contributed by atoms with Crippen LogP contribution in [0.2, 0.25) is 5.02 Å². The van der Waals surface area contributed by atoms with Gasteiger partial charge in [0.2, 0.25) is 5.91 Å². The molecule has 4 heterocycles. The first-order valence-corrected chi connectivity index (χ1v) is 11.5. The van der Waals surface area contributed by atoms with Crippen molar-refractivity contribution in [1.29, 1.82) is 0 Å². The molecular formula is C24H27ClN4O3. The fraction of sp³-hybridized carbons (Fsp3) is 0.458. The molecule has 168 valence electrons. The average Bonchev–Trinajstić information content (AvgIpc) is 3.17. The molecule has 0 spiro atoms. The zero-order valence-electron chi connectivity index (χ0n) is 18.0. The van der Waals surface area contributed by atoms with Gasteiger partial charge in [-0.15, -0.1) is 0 Å². The lowest BCUT2D eigenvalue weighted by Crippen LogP contribution is -2.51. The molecule has 2 aliphatic rings. The van der Waals surface area contributed by atoms with Gasteiger partial charge in [-0.05, 0) is 49.1 Å². The number of carbonyl (C=O) groups is 1. The Morgan fingerprint density at radius 1 is 1.09 bits per heavy atom. The number of benzene rings is 1. The number of imidazole rings is 1. The number of ether oxygens (including phenoxy) is 2. The van der Waals surface area contributed by atoms with E-state index < -0.39 is 5.41 Å². The minimum Gasteiger partial charge on any atom is -0.381 e. The lowest BCUT2D eigenvalue weighted by atomic mass is 9.73. The molecule has 3 aromatic rings. The summed E-state index contributed by atoms with van der Waals surface area (Å²) in [6.45, 7) is 3.57. The molecule has 2 saturated heterocycles. The molecule has 2 aliphatic heterocycles. The van der Waals surface area contributed by atoms with E-state index in [1.54, 1.807) is 10.7 Å². The van der Waals surface area contributed by atoms with Crippen LogP contribution in [0.3, 0.4) is 0 Å². The number of hydrogen-bond donors (Lipinski definition) is 0. The van der Waals surface area contributed by atoms with Crippen LogP contribution in [-0.4, -0.2) is 64.9 Å². The van der Waals surface area contributed by atoms with Crippen LogP contribution in [-0.2, 0) is 26.1 Å². The van der Waals surface area contributed by atoms with E-state index in [0.29, 0.717) is 57.4 Å². The van der Waals surface area contributed by atoms with Crippen LogP contribution in [0, 0.1) is 5.92 Å². The second-order valence-corrected chi connectivity index (χ2v) is 9.09. The molecule has 8 heteroatoms. The average molecular weight is 455 g/mol. The van der Waals surface area contributed by atoms with E-state index in [-0.39, 0.29) is 11.8 Å². The van der Waals surface area contributed by atoms with E-state index in [2.05, 4.69) is 10.1 Å². The van der Waals surface area contributed by atoms with Crippen LogP contribution in [0.15, 0.2) is 48.8 Å². The standard InChI is InChI=1S/C24H27ClN4O3/c25-20-3-1-19(2-4-20)24(7-12-31-13-8-24)23(30)28-11-14-32-17-18(16-28)15-21-5-6-22-26-9-10-29(22)27-21/h1-6,9-10,18H,7-8,11-17H2. The highest BCUT2D eigenvalue weighted by atomic mass is 35.5. The molecule has 0 saturated carbocycles. The quantitative estimate of drug-likeness (QED) is 0.605. The Bertz CT molecular complexity index is 1080. The van der Waals surface area contributed by atoms with E-state index >= 15 is 0 Å². The first-order chi connectivity index (χ1) is 15.6. The summed E-state index contributed by atoms with van der Waals surface area (Å²) in [4.78, 5) is 20.3. The van der Waals surface area contributed by atoms with E-state index in [0.717, 1.165) is 23.3 Å². The van der Waals surface area contributed by atoms with E-state index in [1.807, 2.05) is 47.5 Å². The summed E-state index contributed by atoms with van der Waals surface area (Å²) in [5.41, 5.74) is 2.24. The van der Waals surface area contributed by atoms with Gasteiger partial charge in [0.15, 0.2) is 5.65 Å². The maximum atomic E-state index is 14.0. The topological polar surface area (TPSA) is 69.0 Å². The van der Waals surface area contributed by atoms with Crippen molar-refractivity contribution in [2.75, 3.05) is 39.5 Å². The number of fused-ring (bicyclic) bond motifs is 1. The Balaban J connectivity index is 1.37. The van der Waals surface area contributed by atoms with Crippen LogP contribution in [0.1, 0.15) is 24.1 Å². The van der Waals surface area contributed by atoms with Gasteiger partial charge >= 0.3 is 0 Å². The third kappa shape index (κ3) is 4.25. The van der Waals surface area contributed by atoms with E-state index in [1.165, 1.54) is 0 Å². The fourth-order valence-electron chi connectivity index (χ4n) is 4.87. The molecule has 0 N–H and O–H groups in total. The Labute approximate surface area is 192 Å². The van der Waals surface area contributed by atoms with Crippen molar-refractivity contribution < 1.29 is 14.3 Å². The van der Waals surface area contributed by atoms with Gasteiger partial charge in [-0.3, -0.25) is 4.79 Å². The molecule has 1 amide bonds. The van der Waals surface area contributed by atoms with Crippen molar-refractivity contribution in [2.24, 2.45) is 5.92 Å². The second kappa shape index (κ2) is 9.17. The summed E-state index contributed by atoms with van der Waals surface area (Å²) in [7, 11) is 0. The van der Waals surface area contributed by atoms with Gasteiger partial charge < -0.3 is 14.4 Å². The zero-order chi connectivity index (χ0) is 22.0. The summed E-state index contributed by atoms with van der Waals surface area (Å²) < 4.78 is 13.3. The first-order valence-electron chi connectivity index (χ1n) is 11.1. The van der Waals surface area contributed by atoms with Gasteiger partial charge in [-0.2, -0.15) is 5.10 Å². The summed E-state index contributed by atoms with van der Waals surface area (Å²) in [6, 6.07) is 11.7. The highest BCUT2D eigenvalue weighted by molar-refractivity contribution is 6.30. The van der Waals surface area contributed by atoms with Crippen LogP contribution in [0.5, 0.6) is 0 Å². The predicted octanol–water partition coefficient (Wildman–Crippen LogP) is 3.15. The molecule has 0 radical (unpaired) electrons. The Morgan fingerprint density at radius 3 is 2.72 bits per heavy atom. The molecule has 2 fully saturated rings. The van der Waals surface area contributed by atoms with Crippen LogP contribution >= 0.6 is 11.6 Å². The monoisotopic (exact) mass is 454 g/mol. The molecule has 5 rings (SSSR count). The Kier molecular flexibility index (Phi) is 6.13. The first kappa shape index (κ1) is 21.4. The molecule has 0 bridgehead atoms. The molecule has 1 atom stereocenters. The highest BCUT2D eigenvalue weighted by Gasteiger charge is 2.44. The minimum absolute atomic E-state index is 0.164. The van der Waals surface area contributed by atoms with Crippen molar-refractivity contribution in [2.45, 2.75) is 24.7 Å². The Hall–Kier alpha value is -2.48. The number of nitrogens with zero attached hydrogens (tertiary/aromatic N) is 4. The molecular weight excluding hydrogens is 428 g/mol. The summed E-state index contributed by atoms with van der Waals surface area (Å²) in [6.07, 6.45) is 5.68. The fourth-order valence-corrected chi connectivity index (χ4v) is 4.99. The molecule has 32 heavy (non-hydrogen) atoms. The van der Waals surface area contributed by atoms with Crippen molar-refractivity contribution in [1.82, 2.24) is 19.5 Å². The maximum absolute atomic E-state index is 14.0. The summed E-state index contributed by atoms with van der Waals surface area (Å²) >= 11 is 6.12. The number of amides is 1. The van der Waals surface area contributed by atoms with Gasteiger partial charge in [0.25, 0.3) is 0 Å². The lowest BCUT2D eigenvalue weighted by Gasteiger charge is -2.40. The van der Waals surface area contributed by atoms with Crippen LogP contribution < -0.4 is 0 Å². The van der Waals surface area contributed by atoms with Crippen molar-refractivity contribution in [3.05, 3.63) is 65.1 Å². The number of carbonyl (C=O) groups excluding carboxylic acids is 1. The number of rotatable bonds is 4. The number of aromatic nitrogens is 3. The SMILES string of the molecule is O=C(N1CCOCC(Cc2ccc3nccn3n2)C1)C1(c2ccc(Cl)cc2)CCOCC1. The smallest absolute Gasteiger partial charge is 0.233 e. The van der Waals surface area contributed by atoms with Crippen LogP contribution in [0.25, 0.3) is 5.65 Å². The Morgan fingerprint density at radius 2 is 1.91 bits per heavy atom.